The molecule has 0 aliphatic heterocycles. The van der Waals surface area contributed by atoms with Gasteiger partial charge in [-0.2, -0.15) is 0 Å². The number of ether oxygens (including phenoxy) is 1. The highest BCUT2D eigenvalue weighted by Gasteiger charge is 1.98. The Balaban J connectivity index is 1.69. The van der Waals surface area contributed by atoms with E-state index < -0.39 is 0 Å². The van der Waals surface area contributed by atoms with Gasteiger partial charge in [0.1, 0.15) is 16.7 Å². The molecular formula is C14H16ClN3O. The van der Waals surface area contributed by atoms with Gasteiger partial charge >= 0.3 is 0 Å². The van der Waals surface area contributed by atoms with Crippen LogP contribution >= 0.6 is 11.6 Å². The zero-order chi connectivity index (χ0) is 13.5. The first kappa shape index (κ1) is 13.5. The van der Waals surface area contributed by atoms with Gasteiger partial charge in [-0.05, 0) is 24.6 Å². The van der Waals surface area contributed by atoms with Crippen molar-refractivity contribution in [2.45, 2.75) is 6.42 Å². The van der Waals surface area contributed by atoms with Crippen LogP contribution in [0.3, 0.4) is 0 Å². The SMILES string of the molecule is Nc1cc(Cl)nc(NCCCOc2ccccc2)c1. The molecule has 2 aromatic rings. The largest absolute Gasteiger partial charge is 0.494 e. The van der Waals surface area contributed by atoms with E-state index in [0.29, 0.717) is 23.3 Å². The third kappa shape index (κ3) is 4.67. The quantitative estimate of drug-likeness (QED) is 0.629. The minimum absolute atomic E-state index is 0.392. The second kappa shape index (κ2) is 6.85. The number of nitrogens with one attached hydrogen (secondary N) is 1. The molecule has 0 atom stereocenters. The third-order valence-electron chi connectivity index (χ3n) is 2.46. The van der Waals surface area contributed by atoms with Crippen LogP contribution in [0.15, 0.2) is 42.5 Å². The molecule has 2 rings (SSSR count). The van der Waals surface area contributed by atoms with Crippen LogP contribution in [0, 0.1) is 0 Å². The van der Waals surface area contributed by atoms with Gasteiger partial charge in [-0.1, -0.05) is 29.8 Å². The van der Waals surface area contributed by atoms with Crippen molar-refractivity contribution in [1.82, 2.24) is 4.98 Å². The van der Waals surface area contributed by atoms with Crippen molar-refractivity contribution in [3.63, 3.8) is 0 Å². The fourth-order valence-corrected chi connectivity index (χ4v) is 1.82. The Labute approximate surface area is 117 Å². The van der Waals surface area contributed by atoms with E-state index in [2.05, 4.69) is 10.3 Å². The van der Waals surface area contributed by atoms with Crippen LogP contribution in [-0.4, -0.2) is 18.1 Å². The minimum Gasteiger partial charge on any atom is -0.494 e. The summed E-state index contributed by atoms with van der Waals surface area (Å²) in [4.78, 5) is 4.12. The Bertz CT molecular complexity index is 499. The van der Waals surface area contributed by atoms with Crippen molar-refractivity contribution in [2.75, 3.05) is 24.2 Å². The van der Waals surface area contributed by atoms with Crippen molar-refractivity contribution in [3.05, 3.63) is 47.6 Å². The summed E-state index contributed by atoms with van der Waals surface area (Å²) < 4.78 is 5.58. The average Bonchev–Trinajstić information content (AvgIpc) is 2.38. The lowest BCUT2D eigenvalue weighted by Crippen LogP contribution is -2.08. The zero-order valence-electron chi connectivity index (χ0n) is 10.5. The Morgan fingerprint density at radius 1 is 1.21 bits per heavy atom. The van der Waals surface area contributed by atoms with Crippen molar-refractivity contribution in [3.8, 4) is 5.75 Å². The lowest BCUT2D eigenvalue weighted by Gasteiger charge is -2.08. The normalized spacial score (nSPS) is 10.2. The third-order valence-corrected chi connectivity index (χ3v) is 2.65. The first-order valence-corrected chi connectivity index (χ1v) is 6.46. The Morgan fingerprint density at radius 2 is 2.00 bits per heavy atom. The highest BCUT2D eigenvalue weighted by Crippen LogP contribution is 2.15. The Kier molecular flexibility index (Phi) is 4.86. The molecule has 0 fully saturated rings. The fraction of sp³-hybridized carbons (Fsp3) is 0.214. The Hall–Kier alpha value is -1.94. The summed E-state index contributed by atoms with van der Waals surface area (Å²) in [5.74, 6) is 1.57. The van der Waals surface area contributed by atoms with Gasteiger partial charge < -0.3 is 15.8 Å². The van der Waals surface area contributed by atoms with Crippen LogP contribution in [0.4, 0.5) is 11.5 Å². The molecule has 0 aliphatic carbocycles. The molecule has 5 heteroatoms. The van der Waals surface area contributed by atoms with Crippen molar-refractivity contribution < 1.29 is 4.74 Å². The molecule has 100 valence electrons. The number of hydrogen-bond acceptors (Lipinski definition) is 4. The van der Waals surface area contributed by atoms with Gasteiger partial charge in [-0.3, -0.25) is 0 Å². The molecule has 0 aliphatic rings. The number of pyridine rings is 1. The molecule has 3 N–H and O–H groups in total. The van der Waals surface area contributed by atoms with Gasteiger partial charge in [0, 0.05) is 18.3 Å². The molecule has 0 amide bonds. The summed E-state index contributed by atoms with van der Waals surface area (Å²) in [7, 11) is 0. The van der Waals surface area contributed by atoms with Crippen LogP contribution < -0.4 is 15.8 Å². The van der Waals surface area contributed by atoms with Crippen molar-refractivity contribution >= 4 is 23.1 Å². The molecule has 19 heavy (non-hydrogen) atoms. The topological polar surface area (TPSA) is 60.2 Å². The van der Waals surface area contributed by atoms with Gasteiger partial charge in [-0.15, -0.1) is 0 Å². The van der Waals surface area contributed by atoms with E-state index in [-0.39, 0.29) is 0 Å². The molecule has 0 spiro atoms. The maximum atomic E-state index is 5.81. The maximum absolute atomic E-state index is 5.81. The highest BCUT2D eigenvalue weighted by atomic mass is 35.5. The highest BCUT2D eigenvalue weighted by molar-refractivity contribution is 6.29. The summed E-state index contributed by atoms with van der Waals surface area (Å²) >= 11 is 5.81. The molecule has 0 saturated heterocycles. The summed E-state index contributed by atoms with van der Waals surface area (Å²) in [6.07, 6.45) is 0.864. The van der Waals surface area contributed by atoms with E-state index in [0.717, 1.165) is 18.7 Å². The molecule has 0 saturated carbocycles. The number of nitrogens with two attached hydrogens (primary N) is 1. The number of hydrogen-bond donors (Lipinski definition) is 2. The second-order valence-electron chi connectivity index (χ2n) is 4.05. The van der Waals surface area contributed by atoms with Gasteiger partial charge in [0.15, 0.2) is 0 Å². The molecular weight excluding hydrogens is 262 g/mol. The van der Waals surface area contributed by atoms with Crippen LogP contribution in [0.25, 0.3) is 0 Å². The van der Waals surface area contributed by atoms with E-state index in [1.54, 1.807) is 12.1 Å². The Morgan fingerprint density at radius 3 is 2.74 bits per heavy atom. The predicted octanol–water partition coefficient (Wildman–Crippen LogP) is 3.20. The number of aromatic nitrogens is 1. The van der Waals surface area contributed by atoms with Crippen LogP contribution in [0.5, 0.6) is 5.75 Å². The molecule has 4 nitrogen and oxygen atoms in total. The van der Waals surface area contributed by atoms with Crippen molar-refractivity contribution in [1.29, 1.82) is 0 Å². The lowest BCUT2D eigenvalue weighted by molar-refractivity contribution is 0.315. The number of halogens is 1. The number of anilines is 2. The standard InChI is InChI=1S/C14H16ClN3O/c15-13-9-11(16)10-14(18-13)17-7-4-8-19-12-5-2-1-3-6-12/h1-3,5-6,9-10H,4,7-8H2,(H3,16,17,18). The van der Waals surface area contributed by atoms with Gasteiger partial charge in [0.2, 0.25) is 0 Å². The summed E-state index contributed by atoms with van der Waals surface area (Å²) in [5.41, 5.74) is 6.28. The van der Waals surface area contributed by atoms with Gasteiger partial charge in [0.25, 0.3) is 0 Å². The van der Waals surface area contributed by atoms with Crippen LogP contribution in [0.2, 0.25) is 5.15 Å². The first-order valence-electron chi connectivity index (χ1n) is 6.09. The number of para-hydroxylation sites is 1. The van der Waals surface area contributed by atoms with E-state index in [4.69, 9.17) is 22.1 Å². The summed E-state index contributed by atoms with van der Waals surface area (Å²) in [6.45, 7) is 1.40. The number of rotatable bonds is 6. The summed E-state index contributed by atoms with van der Waals surface area (Å²) in [5, 5.41) is 3.55. The van der Waals surface area contributed by atoms with E-state index in [1.165, 1.54) is 0 Å². The number of nitrogen functional groups attached to an aromatic ring is 1. The van der Waals surface area contributed by atoms with E-state index >= 15 is 0 Å². The molecule has 1 aromatic carbocycles. The summed E-state index contributed by atoms with van der Waals surface area (Å²) in [6, 6.07) is 13.1. The minimum atomic E-state index is 0.392. The van der Waals surface area contributed by atoms with Gasteiger partial charge in [-0.25, -0.2) is 4.98 Å². The van der Waals surface area contributed by atoms with E-state index in [1.807, 2.05) is 30.3 Å². The first-order chi connectivity index (χ1) is 9.24. The number of benzene rings is 1. The smallest absolute Gasteiger partial charge is 0.133 e. The maximum Gasteiger partial charge on any atom is 0.133 e. The van der Waals surface area contributed by atoms with Crippen LogP contribution in [0.1, 0.15) is 6.42 Å². The van der Waals surface area contributed by atoms with E-state index in [9.17, 15) is 0 Å². The molecule has 0 unspecified atom stereocenters. The molecule has 1 aromatic heterocycles. The molecule has 0 bridgehead atoms. The lowest BCUT2D eigenvalue weighted by atomic mass is 10.3. The zero-order valence-corrected chi connectivity index (χ0v) is 11.2. The van der Waals surface area contributed by atoms with Gasteiger partial charge in [0.05, 0.1) is 6.61 Å². The van der Waals surface area contributed by atoms with Crippen molar-refractivity contribution in [2.24, 2.45) is 0 Å². The molecule has 0 radical (unpaired) electrons. The fourth-order valence-electron chi connectivity index (χ4n) is 1.60. The predicted molar refractivity (Wildman–Crippen MR) is 78.7 cm³/mol. The average molecular weight is 278 g/mol. The second-order valence-corrected chi connectivity index (χ2v) is 4.44. The number of nitrogens with zero attached hydrogens (tertiary/aromatic N) is 1. The van der Waals surface area contributed by atoms with Crippen LogP contribution in [-0.2, 0) is 0 Å². The molecule has 1 heterocycles. The monoisotopic (exact) mass is 277 g/mol.